The zero-order chi connectivity index (χ0) is 14.7. The molecule has 0 aliphatic carbocycles. The van der Waals surface area contributed by atoms with Crippen molar-refractivity contribution < 1.29 is 9.47 Å². The molecule has 0 fully saturated rings. The highest BCUT2D eigenvalue weighted by molar-refractivity contribution is 5.87. The molecule has 0 aromatic heterocycles. The van der Waals surface area contributed by atoms with Crippen LogP contribution in [0, 0.1) is 0 Å². The molecule has 1 aliphatic heterocycles. The van der Waals surface area contributed by atoms with Crippen molar-refractivity contribution >= 4 is 10.8 Å². The molecule has 0 radical (unpaired) electrons. The van der Waals surface area contributed by atoms with Gasteiger partial charge in [0.05, 0.1) is 19.8 Å². The molecule has 2 N–H and O–H groups in total. The van der Waals surface area contributed by atoms with Gasteiger partial charge in [0.25, 0.3) is 0 Å². The Morgan fingerprint density at radius 2 is 2.19 bits per heavy atom. The molecule has 1 aliphatic rings. The summed E-state index contributed by atoms with van der Waals surface area (Å²) in [6.07, 6.45) is 5.05. The summed E-state index contributed by atoms with van der Waals surface area (Å²) in [7, 11) is 1.69. The molecule has 1 atom stereocenters. The highest BCUT2D eigenvalue weighted by atomic mass is 16.5. The van der Waals surface area contributed by atoms with Crippen molar-refractivity contribution in [3.63, 3.8) is 0 Å². The first-order chi connectivity index (χ1) is 10.3. The van der Waals surface area contributed by atoms with E-state index in [0.29, 0.717) is 0 Å². The van der Waals surface area contributed by atoms with E-state index in [0.717, 1.165) is 37.4 Å². The van der Waals surface area contributed by atoms with Crippen LogP contribution in [-0.4, -0.2) is 19.8 Å². The van der Waals surface area contributed by atoms with Gasteiger partial charge in [0.2, 0.25) is 0 Å². The highest BCUT2D eigenvalue weighted by Crippen LogP contribution is 2.26. The molecule has 3 heteroatoms. The van der Waals surface area contributed by atoms with Gasteiger partial charge in [-0.2, -0.15) is 0 Å². The van der Waals surface area contributed by atoms with E-state index in [9.17, 15) is 0 Å². The summed E-state index contributed by atoms with van der Waals surface area (Å²) in [6, 6.07) is 12.4. The van der Waals surface area contributed by atoms with Crippen LogP contribution < -0.4 is 10.5 Å². The van der Waals surface area contributed by atoms with Crippen LogP contribution in [0.1, 0.15) is 18.4 Å². The molecule has 21 heavy (non-hydrogen) atoms. The SMILES string of the molecule is COc1ccc2cccc(CC(N)C3=CCCCO3)c2c1. The molecule has 2 aromatic rings. The first-order valence-electron chi connectivity index (χ1n) is 7.42. The fourth-order valence-electron chi connectivity index (χ4n) is 2.79. The standard InChI is InChI=1S/C18H21NO2/c1-20-15-9-8-13-5-4-6-14(16(13)12-15)11-17(19)18-7-2-3-10-21-18/h4-9,12,17H,2-3,10-11,19H2,1H3. The Kier molecular flexibility index (Phi) is 4.11. The van der Waals surface area contributed by atoms with Crippen molar-refractivity contribution in [1.29, 1.82) is 0 Å². The third-order valence-electron chi connectivity index (χ3n) is 3.95. The van der Waals surface area contributed by atoms with E-state index in [2.05, 4.69) is 36.4 Å². The van der Waals surface area contributed by atoms with Crippen molar-refractivity contribution in [2.75, 3.05) is 13.7 Å². The average Bonchev–Trinajstić information content (AvgIpc) is 2.55. The van der Waals surface area contributed by atoms with Crippen LogP contribution >= 0.6 is 0 Å². The molecular weight excluding hydrogens is 262 g/mol. The summed E-state index contributed by atoms with van der Waals surface area (Å²) in [6.45, 7) is 0.781. The van der Waals surface area contributed by atoms with Crippen molar-refractivity contribution in [3.8, 4) is 5.75 Å². The lowest BCUT2D eigenvalue weighted by molar-refractivity contribution is 0.175. The van der Waals surface area contributed by atoms with Crippen LogP contribution in [0.25, 0.3) is 10.8 Å². The first kappa shape index (κ1) is 14.0. The Labute approximate surface area is 125 Å². The van der Waals surface area contributed by atoms with Crippen LogP contribution in [0.3, 0.4) is 0 Å². The van der Waals surface area contributed by atoms with Gasteiger partial charge in [-0.25, -0.2) is 0 Å². The summed E-state index contributed by atoms with van der Waals surface area (Å²) >= 11 is 0. The fourth-order valence-corrected chi connectivity index (χ4v) is 2.79. The lowest BCUT2D eigenvalue weighted by Crippen LogP contribution is -2.28. The van der Waals surface area contributed by atoms with Gasteiger partial charge in [0.15, 0.2) is 0 Å². The smallest absolute Gasteiger partial charge is 0.119 e. The first-order valence-corrected chi connectivity index (χ1v) is 7.42. The number of hydrogen-bond acceptors (Lipinski definition) is 3. The van der Waals surface area contributed by atoms with Crippen LogP contribution in [-0.2, 0) is 11.2 Å². The molecule has 0 saturated carbocycles. The quantitative estimate of drug-likeness (QED) is 0.935. The number of rotatable bonds is 4. The molecule has 1 heterocycles. The molecular formula is C18H21NO2. The molecule has 1 unspecified atom stereocenters. The van der Waals surface area contributed by atoms with E-state index in [1.165, 1.54) is 16.3 Å². The third kappa shape index (κ3) is 3.03. The zero-order valence-electron chi connectivity index (χ0n) is 12.3. The van der Waals surface area contributed by atoms with E-state index in [4.69, 9.17) is 15.2 Å². The Bertz CT molecular complexity index is 663. The molecule has 0 bridgehead atoms. The maximum Gasteiger partial charge on any atom is 0.119 e. The third-order valence-corrected chi connectivity index (χ3v) is 3.95. The monoisotopic (exact) mass is 283 g/mol. The number of benzene rings is 2. The minimum absolute atomic E-state index is 0.0814. The Hall–Kier alpha value is -2.00. The number of methoxy groups -OCH3 is 1. The Morgan fingerprint density at radius 1 is 1.29 bits per heavy atom. The van der Waals surface area contributed by atoms with Crippen molar-refractivity contribution in [2.24, 2.45) is 5.73 Å². The number of nitrogens with two attached hydrogens (primary N) is 1. The molecule has 3 rings (SSSR count). The van der Waals surface area contributed by atoms with Gasteiger partial charge in [0.1, 0.15) is 11.5 Å². The van der Waals surface area contributed by atoms with E-state index in [1.54, 1.807) is 7.11 Å². The lowest BCUT2D eigenvalue weighted by Gasteiger charge is -2.21. The minimum Gasteiger partial charge on any atom is -0.497 e. The predicted octanol–water partition coefficient (Wildman–Crippen LogP) is 3.41. The number of hydrogen-bond donors (Lipinski definition) is 1. The normalized spacial score (nSPS) is 16.2. The summed E-state index contributed by atoms with van der Waals surface area (Å²) in [5.41, 5.74) is 7.55. The summed E-state index contributed by atoms with van der Waals surface area (Å²) in [4.78, 5) is 0. The zero-order valence-corrected chi connectivity index (χ0v) is 12.3. The molecule has 0 spiro atoms. The van der Waals surface area contributed by atoms with E-state index >= 15 is 0 Å². The topological polar surface area (TPSA) is 44.5 Å². The van der Waals surface area contributed by atoms with Crippen molar-refractivity contribution in [1.82, 2.24) is 0 Å². The molecule has 3 nitrogen and oxygen atoms in total. The van der Waals surface area contributed by atoms with Gasteiger partial charge >= 0.3 is 0 Å². The van der Waals surface area contributed by atoms with E-state index in [1.807, 2.05) is 6.07 Å². The van der Waals surface area contributed by atoms with Crippen molar-refractivity contribution in [3.05, 3.63) is 53.8 Å². The van der Waals surface area contributed by atoms with Crippen molar-refractivity contribution in [2.45, 2.75) is 25.3 Å². The molecule has 2 aromatic carbocycles. The van der Waals surface area contributed by atoms with Gasteiger partial charge < -0.3 is 15.2 Å². The maximum atomic E-state index is 6.32. The lowest BCUT2D eigenvalue weighted by atomic mass is 9.97. The summed E-state index contributed by atoms with van der Waals surface area (Å²) in [5.74, 6) is 1.80. The summed E-state index contributed by atoms with van der Waals surface area (Å²) < 4.78 is 11.0. The maximum absolute atomic E-state index is 6.32. The molecule has 110 valence electrons. The number of ether oxygens (including phenoxy) is 2. The second-order valence-corrected chi connectivity index (χ2v) is 5.41. The molecule has 0 saturated heterocycles. The minimum atomic E-state index is -0.0814. The average molecular weight is 283 g/mol. The summed E-state index contributed by atoms with van der Waals surface area (Å²) in [5, 5.41) is 2.41. The van der Waals surface area contributed by atoms with Crippen LogP contribution in [0.15, 0.2) is 48.2 Å². The predicted molar refractivity (Wildman–Crippen MR) is 85.4 cm³/mol. The van der Waals surface area contributed by atoms with Crippen LogP contribution in [0.4, 0.5) is 0 Å². The van der Waals surface area contributed by atoms with Gasteiger partial charge in [0, 0.05) is 0 Å². The van der Waals surface area contributed by atoms with Crippen LogP contribution in [0.5, 0.6) is 5.75 Å². The number of fused-ring (bicyclic) bond motifs is 1. The van der Waals surface area contributed by atoms with Crippen LogP contribution in [0.2, 0.25) is 0 Å². The number of allylic oxidation sites excluding steroid dienone is 1. The Morgan fingerprint density at radius 3 is 2.95 bits per heavy atom. The van der Waals surface area contributed by atoms with E-state index < -0.39 is 0 Å². The van der Waals surface area contributed by atoms with Gasteiger partial charge in [-0.3, -0.25) is 0 Å². The van der Waals surface area contributed by atoms with Gasteiger partial charge in [-0.1, -0.05) is 24.3 Å². The highest BCUT2D eigenvalue weighted by Gasteiger charge is 2.15. The van der Waals surface area contributed by atoms with Gasteiger partial charge in [-0.05, 0) is 53.8 Å². The van der Waals surface area contributed by atoms with E-state index in [-0.39, 0.29) is 6.04 Å². The fraction of sp³-hybridized carbons (Fsp3) is 0.333. The second kappa shape index (κ2) is 6.19. The van der Waals surface area contributed by atoms with Gasteiger partial charge in [-0.15, -0.1) is 0 Å². The largest absolute Gasteiger partial charge is 0.497 e. The second-order valence-electron chi connectivity index (χ2n) is 5.41. The Balaban J connectivity index is 1.90. The molecule has 0 amide bonds.